The number of aliphatic hydroxyl groups is 1. The summed E-state index contributed by atoms with van der Waals surface area (Å²) < 4.78 is 0. The number of rotatable bonds is 3. The smallest absolute Gasteiger partial charge is 0.0789 e. The van der Waals surface area contributed by atoms with Crippen molar-refractivity contribution < 1.29 is 5.11 Å². The standard InChI is InChI=1S/C15H16O/c16-15-12-5-4-10-14(15)11-6-9-13-7-2-1-3-8-13/h1-10,12,14-16H,11H2. The normalized spacial score (nSPS) is 24.1. The van der Waals surface area contributed by atoms with Gasteiger partial charge in [-0.25, -0.2) is 0 Å². The van der Waals surface area contributed by atoms with Crippen molar-refractivity contribution in [1.82, 2.24) is 0 Å². The van der Waals surface area contributed by atoms with Crippen LogP contribution >= 0.6 is 0 Å². The minimum atomic E-state index is -0.342. The first kappa shape index (κ1) is 10.9. The van der Waals surface area contributed by atoms with Gasteiger partial charge in [0, 0.05) is 5.92 Å². The van der Waals surface area contributed by atoms with Gasteiger partial charge in [-0.05, 0) is 12.0 Å². The predicted molar refractivity (Wildman–Crippen MR) is 67.9 cm³/mol. The van der Waals surface area contributed by atoms with Gasteiger partial charge >= 0.3 is 0 Å². The molecule has 1 aromatic carbocycles. The first-order chi connectivity index (χ1) is 7.86. The maximum Gasteiger partial charge on any atom is 0.0789 e. The molecule has 82 valence electrons. The number of benzene rings is 1. The zero-order chi connectivity index (χ0) is 11.2. The first-order valence-corrected chi connectivity index (χ1v) is 5.61. The van der Waals surface area contributed by atoms with Gasteiger partial charge in [0.1, 0.15) is 0 Å². The van der Waals surface area contributed by atoms with E-state index in [9.17, 15) is 5.11 Å². The van der Waals surface area contributed by atoms with Gasteiger partial charge in [0.25, 0.3) is 0 Å². The number of aliphatic hydroxyl groups excluding tert-OH is 1. The Bertz CT molecular complexity index is 401. The van der Waals surface area contributed by atoms with E-state index in [1.54, 1.807) is 0 Å². The van der Waals surface area contributed by atoms with Crippen molar-refractivity contribution >= 4 is 6.08 Å². The molecule has 0 fully saturated rings. The monoisotopic (exact) mass is 212 g/mol. The molecular weight excluding hydrogens is 196 g/mol. The molecule has 0 bridgehead atoms. The van der Waals surface area contributed by atoms with Crippen molar-refractivity contribution in [3.05, 3.63) is 66.3 Å². The molecule has 0 amide bonds. The molecule has 1 aliphatic rings. The Hall–Kier alpha value is -1.60. The second kappa shape index (κ2) is 5.47. The van der Waals surface area contributed by atoms with Crippen LogP contribution in [-0.2, 0) is 0 Å². The van der Waals surface area contributed by atoms with Crippen LogP contribution in [0.5, 0.6) is 0 Å². The zero-order valence-corrected chi connectivity index (χ0v) is 9.16. The molecule has 0 aliphatic heterocycles. The quantitative estimate of drug-likeness (QED) is 0.815. The largest absolute Gasteiger partial charge is 0.388 e. The van der Waals surface area contributed by atoms with Gasteiger partial charge in [-0.3, -0.25) is 0 Å². The molecule has 0 saturated carbocycles. The molecule has 2 unspecified atom stereocenters. The lowest BCUT2D eigenvalue weighted by Gasteiger charge is -2.17. The zero-order valence-electron chi connectivity index (χ0n) is 9.16. The molecule has 1 aliphatic carbocycles. The number of hydrogen-bond acceptors (Lipinski definition) is 1. The summed E-state index contributed by atoms with van der Waals surface area (Å²) in [7, 11) is 0. The lowest BCUT2D eigenvalue weighted by Crippen LogP contribution is -2.16. The van der Waals surface area contributed by atoms with Crippen LogP contribution in [0.15, 0.2) is 60.7 Å². The van der Waals surface area contributed by atoms with E-state index in [1.807, 2.05) is 36.4 Å². The fraction of sp³-hybridized carbons (Fsp3) is 0.200. The van der Waals surface area contributed by atoms with E-state index in [0.717, 1.165) is 6.42 Å². The van der Waals surface area contributed by atoms with E-state index in [-0.39, 0.29) is 12.0 Å². The van der Waals surface area contributed by atoms with Crippen LogP contribution in [0, 0.1) is 5.92 Å². The highest BCUT2D eigenvalue weighted by molar-refractivity contribution is 5.48. The van der Waals surface area contributed by atoms with Gasteiger partial charge in [0.15, 0.2) is 0 Å². The van der Waals surface area contributed by atoms with Crippen LogP contribution in [0.25, 0.3) is 6.08 Å². The van der Waals surface area contributed by atoms with Gasteiger partial charge < -0.3 is 5.11 Å². The van der Waals surface area contributed by atoms with Gasteiger partial charge in [-0.2, -0.15) is 0 Å². The maximum atomic E-state index is 9.69. The average molecular weight is 212 g/mol. The Morgan fingerprint density at radius 1 is 1.06 bits per heavy atom. The summed E-state index contributed by atoms with van der Waals surface area (Å²) in [4.78, 5) is 0. The van der Waals surface area contributed by atoms with E-state index in [0.29, 0.717) is 0 Å². The molecule has 2 rings (SSSR count). The molecule has 0 heterocycles. The van der Waals surface area contributed by atoms with E-state index in [4.69, 9.17) is 0 Å². The third-order valence-electron chi connectivity index (χ3n) is 2.73. The predicted octanol–water partition coefficient (Wildman–Crippen LogP) is 3.19. The Labute approximate surface area is 96.4 Å². The third-order valence-corrected chi connectivity index (χ3v) is 2.73. The van der Waals surface area contributed by atoms with Crippen LogP contribution in [0.1, 0.15) is 12.0 Å². The number of hydrogen-bond donors (Lipinski definition) is 1. The Kier molecular flexibility index (Phi) is 3.73. The van der Waals surface area contributed by atoms with Gasteiger partial charge in [-0.1, -0.05) is 66.8 Å². The summed E-state index contributed by atoms with van der Waals surface area (Å²) in [5.74, 6) is 0.213. The molecule has 2 atom stereocenters. The minimum Gasteiger partial charge on any atom is -0.388 e. The Morgan fingerprint density at radius 3 is 2.56 bits per heavy atom. The summed E-state index contributed by atoms with van der Waals surface area (Å²) in [6.45, 7) is 0. The molecule has 0 spiro atoms. The van der Waals surface area contributed by atoms with Crippen LogP contribution < -0.4 is 0 Å². The highest BCUT2D eigenvalue weighted by Gasteiger charge is 2.13. The average Bonchev–Trinajstić information content (AvgIpc) is 2.33. The first-order valence-electron chi connectivity index (χ1n) is 5.61. The highest BCUT2D eigenvalue weighted by Crippen LogP contribution is 2.17. The van der Waals surface area contributed by atoms with Crippen LogP contribution in [-0.4, -0.2) is 11.2 Å². The summed E-state index contributed by atoms with van der Waals surface area (Å²) in [6.07, 6.45) is 12.5. The maximum absolute atomic E-state index is 9.69. The Balaban J connectivity index is 1.90. The molecule has 0 radical (unpaired) electrons. The molecule has 1 aromatic rings. The second-order valence-corrected chi connectivity index (χ2v) is 3.97. The van der Waals surface area contributed by atoms with E-state index >= 15 is 0 Å². The van der Waals surface area contributed by atoms with Gasteiger partial charge in [-0.15, -0.1) is 0 Å². The Morgan fingerprint density at radius 2 is 1.81 bits per heavy atom. The summed E-state index contributed by atoms with van der Waals surface area (Å²) in [5, 5.41) is 9.69. The van der Waals surface area contributed by atoms with Crippen LogP contribution in [0.2, 0.25) is 0 Å². The lowest BCUT2D eigenvalue weighted by atomic mass is 9.94. The molecule has 0 saturated heterocycles. The van der Waals surface area contributed by atoms with Crippen LogP contribution in [0.4, 0.5) is 0 Å². The summed E-state index contributed by atoms with van der Waals surface area (Å²) in [5.41, 5.74) is 1.20. The summed E-state index contributed by atoms with van der Waals surface area (Å²) >= 11 is 0. The second-order valence-electron chi connectivity index (χ2n) is 3.97. The lowest BCUT2D eigenvalue weighted by molar-refractivity contribution is 0.176. The van der Waals surface area contributed by atoms with E-state index < -0.39 is 0 Å². The molecule has 0 aromatic heterocycles. The van der Waals surface area contributed by atoms with Gasteiger partial charge in [0.2, 0.25) is 0 Å². The van der Waals surface area contributed by atoms with Gasteiger partial charge in [0.05, 0.1) is 6.10 Å². The van der Waals surface area contributed by atoms with Crippen molar-refractivity contribution in [1.29, 1.82) is 0 Å². The van der Waals surface area contributed by atoms with Crippen molar-refractivity contribution in [3.8, 4) is 0 Å². The number of allylic oxidation sites excluding steroid dienone is 3. The molecule has 1 nitrogen and oxygen atoms in total. The fourth-order valence-corrected chi connectivity index (χ4v) is 1.78. The molecule has 16 heavy (non-hydrogen) atoms. The molecular formula is C15H16O. The highest BCUT2D eigenvalue weighted by atomic mass is 16.3. The third kappa shape index (κ3) is 2.94. The van der Waals surface area contributed by atoms with Crippen LogP contribution in [0.3, 0.4) is 0 Å². The minimum absolute atomic E-state index is 0.213. The fourth-order valence-electron chi connectivity index (χ4n) is 1.78. The van der Waals surface area contributed by atoms with E-state index in [2.05, 4.69) is 30.4 Å². The van der Waals surface area contributed by atoms with Crippen molar-refractivity contribution in [2.45, 2.75) is 12.5 Å². The SMILES string of the molecule is OC1C=CC=CC1CC=Cc1ccccc1. The summed E-state index contributed by atoms with van der Waals surface area (Å²) in [6, 6.07) is 10.2. The topological polar surface area (TPSA) is 20.2 Å². The molecule has 1 N–H and O–H groups in total. The molecule has 1 heteroatoms. The van der Waals surface area contributed by atoms with Crippen molar-refractivity contribution in [2.24, 2.45) is 5.92 Å². The van der Waals surface area contributed by atoms with E-state index in [1.165, 1.54) is 5.56 Å². The van der Waals surface area contributed by atoms with Crippen molar-refractivity contribution in [2.75, 3.05) is 0 Å². The van der Waals surface area contributed by atoms with Crippen molar-refractivity contribution in [3.63, 3.8) is 0 Å².